The van der Waals surface area contributed by atoms with E-state index in [2.05, 4.69) is 5.32 Å². The van der Waals surface area contributed by atoms with E-state index >= 15 is 0 Å². The molecule has 1 aromatic carbocycles. The molecular formula is C17H26N2O5. The second-order valence-electron chi connectivity index (χ2n) is 5.73. The normalized spacial score (nSPS) is 16.3. The number of methoxy groups -OCH3 is 3. The summed E-state index contributed by atoms with van der Waals surface area (Å²) in [7, 11) is 4.66. The van der Waals surface area contributed by atoms with Gasteiger partial charge in [-0.1, -0.05) is 0 Å². The Morgan fingerprint density at radius 2 is 1.79 bits per heavy atom. The van der Waals surface area contributed by atoms with Crippen LogP contribution in [-0.4, -0.2) is 46.5 Å². The lowest BCUT2D eigenvalue weighted by molar-refractivity contribution is -0.124. The Kier molecular flexibility index (Phi) is 6.69. The lowest BCUT2D eigenvalue weighted by Gasteiger charge is -2.26. The second kappa shape index (κ2) is 8.75. The smallest absolute Gasteiger partial charge is 0.237 e. The molecule has 0 aliphatic carbocycles. The predicted molar refractivity (Wildman–Crippen MR) is 89.5 cm³/mol. The maximum atomic E-state index is 12.3. The van der Waals surface area contributed by atoms with Gasteiger partial charge in [0, 0.05) is 19.8 Å². The number of nitrogens with one attached hydrogen (secondary N) is 1. The maximum Gasteiger partial charge on any atom is 0.237 e. The van der Waals surface area contributed by atoms with Crippen LogP contribution in [0.15, 0.2) is 12.1 Å². The van der Waals surface area contributed by atoms with E-state index in [9.17, 15) is 4.79 Å². The number of carbonyl (C=O) groups excluding carboxylic acids is 1. The van der Waals surface area contributed by atoms with Gasteiger partial charge in [-0.2, -0.15) is 0 Å². The third-order valence-electron chi connectivity index (χ3n) is 4.27. The Hall–Kier alpha value is -1.99. The Labute approximate surface area is 142 Å². The van der Waals surface area contributed by atoms with Crippen LogP contribution in [0.1, 0.15) is 18.4 Å². The topological polar surface area (TPSA) is 92.0 Å². The number of rotatable bonds is 7. The number of ether oxygens (including phenoxy) is 4. The molecule has 7 heteroatoms. The number of amides is 1. The molecule has 1 aliphatic rings. The molecule has 3 N–H and O–H groups in total. The largest absolute Gasteiger partial charge is 0.493 e. The quantitative estimate of drug-likeness (QED) is 0.773. The zero-order valence-electron chi connectivity index (χ0n) is 14.5. The van der Waals surface area contributed by atoms with Crippen LogP contribution in [-0.2, 0) is 16.1 Å². The molecule has 1 amide bonds. The van der Waals surface area contributed by atoms with Crippen LogP contribution in [0.5, 0.6) is 17.2 Å². The standard InChI is InChI=1S/C17H26N2O5/c1-21-13-8-11(9-14(22-2)16(13)23-3)10-19-17(20)15(18)12-4-6-24-7-5-12/h8-9,12,15H,4-7,10,18H2,1-3H3,(H,19,20). The zero-order valence-corrected chi connectivity index (χ0v) is 14.5. The summed E-state index contributed by atoms with van der Waals surface area (Å²) in [6, 6.07) is 3.10. The van der Waals surface area contributed by atoms with Gasteiger partial charge in [0.2, 0.25) is 11.7 Å². The van der Waals surface area contributed by atoms with Gasteiger partial charge < -0.3 is 30.0 Å². The first-order valence-corrected chi connectivity index (χ1v) is 8.00. The Balaban J connectivity index is 2.01. The molecule has 0 aromatic heterocycles. The molecule has 24 heavy (non-hydrogen) atoms. The minimum atomic E-state index is -0.518. The van der Waals surface area contributed by atoms with E-state index in [-0.39, 0.29) is 11.8 Å². The van der Waals surface area contributed by atoms with Gasteiger partial charge in [-0.05, 0) is 36.5 Å². The third kappa shape index (κ3) is 4.30. The van der Waals surface area contributed by atoms with Crippen molar-refractivity contribution < 1.29 is 23.7 Å². The van der Waals surface area contributed by atoms with E-state index in [0.29, 0.717) is 37.0 Å². The summed E-state index contributed by atoms with van der Waals surface area (Å²) in [5.41, 5.74) is 6.92. The molecule has 1 aromatic rings. The predicted octanol–water partition coefficient (Wildman–Crippen LogP) is 1.08. The highest BCUT2D eigenvalue weighted by Crippen LogP contribution is 2.38. The van der Waals surface area contributed by atoms with Crippen molar-refractivity contribution in [2.24, 2.45) is 11.7 Å². The fourth-order valence-corrected chi connectivity index (χ4v) is 2.83. The van der Waals surface area contributed by atoms with E-state index in [1.54, 1.807) is 21.3 Å². The fraction of sp³-hybridized carbons (Fsp3) is 0.588. The first-order valence-electron chi connectivity index (χ1n) is 8.00. The first kappa shape index (κ1) is 18.4. The lowest BCUT2D eigenvalue weighted by atomic mass is 9.92. The van der Waals surface area contributed by atoms with E-state index < -0.39 is 6.04 Å². The summed E-state index contributed by atoms with van der Waals surface area (Å²) in [4.78, 5) is 12.3. The summed E-state index contributed by atoms with van der Waals surface area (Å²) in [5, 5.41) is 2.88. The molecule has 1 atom stereocenters. The van der Waals surface area contributed by atoms with Gasteiger partial charge >= 0.3 is 0 Å². The monoisotopic (exact) mass is 338 g/mol. The third-order valence-corrected chi connectivity index (χ3v) is 4.27. The average molecular weight is 338 g/mol. The van der Waals surface area contributed by atoms with E-state index in [1.807, 2.05) is 12.1 Å². The maximum absolute atomic E-state index is 12.3. The van der Waals surface area contributed by atoms with Crippen molar-refractivity contribution in [3.63, 3.8) is 0 Å². The highest BCUT2D eigenvalue weighted by Gasteiger charge is 2.26. The fourth-order valence-electron chi connectivity index (χ4n) is 2.83. The molecule has 0 saturated carbocycles. The van der Waals surface area contributed by atoms with Crippen molar-refractivity contribution in [2.45, 2.75) is 25.4 Å². The molecule has 1 heterocycles. The zero-order chi connectivity index (χ0) is 17.5. The molecule has 0 spiro atoms. The average Bonchev–Trinajstić information content (AvgIpc) is 2.65. The molecule has 1 fully saturated rings. The van der Waals surface area contributed by atoms with Gasteiger partial charge in [0.1, 0.15) is 0 Å². The van der Waals surface area contributed by atoms with Gasteiger partial charge in [-0.25, -0.2) is 0 Å². The van der Waals surface area contributed by atoms with Gasteiger partial charge in [0.05, 0.1) is 27.4 Å². The number of carbonyl (C=O) groups is 1. The van der Waals surface area contributed by atoms with Crippen LogP contribution in [0.25, 0.3) is 0 Å². The number of nitrogens with two attached hydrogens (primary N) is 1. The molecule has 134 valence electrons. The van der Waals surface area contributed by atoms with E-state index in [0.717, 1.165) is 18.4 Å². The number of hydrogen-bond donors (Lipinski definition) is 2. The highest BCUT2D eigenvalue weighted by atomic mass is 16.5. The van der Waals surface area contributed by atoms with Gasteiger partial charge in [0.25, 0.3) is 0 Å². The number of benzene rings is 1. The van der Waals surface area contributed by atoms with Crippen LogP contribution in [0.2, 0.25) is 0 Å². The van der Waals surface area contributed by atoms with Crippen molar-refractivity contribution in [3.8, 4) is 17.2 Å². The summed E-state index contributed by atoms with van der Waals surface area (Å²) in [5.74, 6) is 1.63. The van der Waals surface area contributed by atoms with Gasteiger partial charge in [0.15, 0.2) is 11.5 Å². The molecule has 0 radical (unpaired) electrons. The Morgan fingerprint density at radius 1 is 1.21 bits per heavy atom. The van der Waals surface area contributed by atoms with E-state index in [1.165, 1.54) is 0 Å². The van der Waals surface area contributed by atoms with Crippen LogP contribution in [0.4, 0.5) is 0 Å². The molecular weight excluding hydrogens is 312 g/mol. The summed E-state index contributed by atoms with van der Waals surface area (Å²) in [6.07, 6.45) is 1.64. The van der Waals surface area contributed by atoms with Gasteiger partial charge in [-0.15, -0.1) is 0 Å². The van der Waals surface area contributed by atoms with E-state index in [4.69, 9.17) is 24.7 Å². The van der Waals surface area contributed by atoms with Crippen molar-refractivity contribution in [2.75, 3.05) is 34.5 Å². The lowest BCUT2D eigenvalue weighted by Crippen LogP contribution is -2.46. The van der Waals surface area contributed by atoms with Gasteiger partial charge in [-0.3, -0.25) is 4.79 Å². The van der Waals surface area contributed by atoms with Crippen LogP contribution in [0, 0.1) is 5.92 Å². The minimum absolute atomic E-state index is 0.157. The molecule has 1 saturated heterocycles. The van der Waals surface area contributed by atoms with Crippen LogP contribution >= 0.6 is 0 Å². The van der Waals surface area contributed by atoms with Crippen LogP contribution < -0.4 is 25.3 Å². The first-order chi connectivity index (χ1) is 11.6. The highest BCUT2D eigenvalue weighted by molar-refractivity contribution is 5.81. The summed E-state index contributed by atoms with van der Waals surface area (Å²) >= 11 is 0. The van der Waals surface area contributed by atoms with Crippen molar-refractivity contribution in [3.05, 3.63) is 17.7 Å². The Bertz CT molecular complexity index is 533. The second-order valence-corrected chi connectivity index (χ2v) is 5.73. The number of hydrogen-bond acceptors (Lipinski definition) is 6. The molecule has 7 nitrogen and oxygen atoms in total. The molecule has 1 aliphatic heterocycles. The minimum Gasteiger partial charge on any atom is -0.493 e. The SMILES string of the molecule is COc1cc(CNC(=O)C(N)C2CCOCC2)cc(OC)c1OC. The van der Waals surface area contributed by atoms with Crippen molar-refractivity contribution in [1.29, 1.82) is 0 Å². The molecule has 2 rings (SSSR count). The summed E-state index contributed by atoms with van der Waals surface area (Å²) in [6.45, 7) is 1.67. The summed E-state index contributed by atoms with van der Waals surface area (Å²) < 4.78 is 21.2. The molecule has 1 unspecified atom stereocenters. The van der Waals surface area contributed by atoms with Crippen LogP contribution in [0.3, 0.4) is 0 Å². The molecule has 0 bridgehead atoms. The van der Waals surface area contributed by atoms with Crippen molar-refractivity contribution in [1.82, 2.24) is 5.32 Å². The Morgan fingerprint density at radius 3 is 2.29 bits per heavy atom. The van der Waals surface area contributed by atoms with Crippen molar-refractivity contribution >= 4 is 5.91 Å².